The van der Waals surface area contributed by atoms with Crippen molar-refractivity contribution in [1.82, 2.24) is 5.32 Å². The largest absolute Gasteiger partial charge is 0.389 e. The quantitative estimate of drug-likeness (QED) is 0.758. The molecule has 1 fully saturated rings. The lowest BCUT2D eigenvalue weighted by Crippen LogP contribution is -2.31. The SMILES string of the molecule is OC(CNCc1ccc(Br)cc1)COCC1CCCO1. The number of benzene rings is 1. The van der Waals surface area contributed by atoms with Gasteiger partial charge in [-0.3, -0.25) is 0 Å². The lowest BCUT2D eigenvalue weighted by Gasteiger charge is -2.14. The van der Waals surface area contributed by atoms with Crippen LogP contribution in [0.1, 0.15) is 18.4 Å². The molecule has 5 heteroatoms. The van der Waals surface area contributed by atoms with Crippen LogP contribution in [0.5, 0.6) is 0 Å². The van der Waals surface area contributed by atoms with Crippen molar-refractivity contribution in [3.05, 3.63) is 34.3 Å². The fraction of sp³-hybridized carbons (Fsp3) is 0.600. The van der Waals surface area contributed by atoms with Crippen LogP contribution in [-0.4, -0.2) is 43.7 Å². The molecule has 1 aromatic carbocycles. The molecule has 0 spiro atoms. The Morgan fingerprint density at radius 3 is 2.90 bits per heavy atom. The van der Waals surface area contributed by atoms with Gasteiger partial charge in [-0.25, -0.2) is 0 Å². The smallest absolute Gasteiger partial charge is 0.0897 e. The third-order valence-corrected chi connectivity index (χ3v) is 3.79. The van der Waals surface area contributed by atoms with E-state index in [2.05, 4.69) is 33.4 Å². The van der Waals surface area contributed by atoms with Gasteiger partial charge in [0.15, 0.2) is 0 Å². The van der Waals surface area contributed by atoms with Gasteiger partial charge in [-0.1, -0.05) is 28.1 Å². The van der Waals surface area contributed by atoms with Crippen LogP contribution >= 0.6 is 15.9 Å². The van der Waals surface area contributed by atoms with Crippen molar-refractivity contribution in [3.8, 4) is 0 Å². The monoisotopic (exact) mass is 343 g/mol. The van der Waals surface area contributed by atoms with E-state index < -0.39 is 6.10 Å². The number of aliphatic hydroxyl groups excluding tert-OH is 1. The zero-order chi connectivity index (χ0) is 14.2. The molecule has 1 saturated heterocycles. The summed E-state index contributed by atoms with van der Waals surface area (Å²) >= 11 is 3.41. The van der Waals surface area contributed by atoms with Crippen LogP contribution in [-0.2, 0) is 16.0 Å². The molecular weight excluding hydrogens is 322 g/mol. The fourth-order valence-electron chi connectivity index (χ4n) is 2.16. The summed E-state index contributed by atoms with van der Waals surface area (Å²) in [7, 11) is 0. The number of nitrogens with one attached hydrogen (secondary N) is 1. The van der Waals surface area contributed by atoms with Crippen LogP contribution in [0.3, 0.4) is 0 Å². The van der Waals surface area contributed by atoms with Crippen LogP contribution in [0.15, 0.2) is 28.7 Å². The molecule has 20 heavy (non-hydrogen) atoms. The standard InChI is InChI=1S/C15H22BrNO3/c16-13-5-3-12(4-6-13)8-17-9-14(18)10-19-11-15-2-1-7-20-15/h3-6,14-15,17-18H,1-2,7-11H2. The van der Waals surface area contributed by atoms with Crippen LogP contribution in [0.2, 0.25) is 0 Å². The first-order valence-electron chi connectivity index (χ1n) is 7.06. The predicted octanol–water partition coefficient (Wildman–Crippen LogP) is 2.10. The van der Waals surface area contributed by atoms with Crippen LogP contribution in [0.4, 0.5) is 0 Å². The number of halogens is 1. The molecule has 2 atom stereocenters. The van der Waals surface area contributed by atoms with E-state index >= 15 is 0 Å². The van der Waals surface area contributed by atoms with E-state index in [9.17, 15) is 5.11 Å². The van der Waals surface area contributed by atoms with Crippen molar-refractivity contribution in [2.75, 3.05) is 26.4 Å². The Kier molecular flexibility index (Phi) is 6.96. The van der Waals surface area contributed by atoms with Gasteiger partial charge in [0.05, 0.1) is 25.4 Å². The van der Waals surface area contributed by atoms with Crippen molar-refractivity contribution in [1.29, 1.82) is 0 Å². The normalized spacial score (nSPS) is 20.2. The molecule has 2 rings (SSSR count). The number of hydrogen-bond acceptors (Lipinski definition) is 4. The van der Waals surface area contributed by atoms with Gasteiger partial charge in [0.2, 0.25) is 0 Å². The molecule has 112 valence electrons. The third-order valence-electron chi connectivity index (χ3n) is 3.26. The minimum atomic E-state index is -0.480. The molecule has 4 nitrogen and oxygen atoms in total. The molecular formula is C15H22BrNO3. The Labute approximate surface area is 128 Å². The summed E-state index contributed by atoms with van der Waals surface area (Å²) in [5, 5.41) is 13.0. The molecule has 0 amide bonds. The molecule has 1 aliphatic heterocycles. The third kappa shape index (κ3) is 5.89. The van der Waals surface area contributed by atoms with Crippen molar-refractivity contribution in [2.45, 2.75) is 31.6 Å². The number of hydrogen-bond donors (Lipinski definition) is 2. The molecule has 0 radical (unpaired) electrons. The average molecular weight is 344 g/mol. The van der Waals surface area contributed by atoms with Crippen molar-refractivity contribution < 1.29 is 14.6 Å². The first-order valence-corrected chi connectivity index (χ1v) is 7.86. The van der Waals surface area contributed by atoms with Gasteiger partial charge < -0.3 is 19.9 Å². The molecule has 0 bridgehead atoms. The summed E-state index contributed by atoms with van der Waals surface area (Å²) in [5.74, 6) is 0. The molecule has 1 aliphatic rings. The molecule has 0 aliphatic carbocycles. The van der Waals surface area contributed by atoms with E-state index in [1.54, 1.807) is 0 Å². The second-order valence-corrected chi connectivity index (χ2v) is 6.00. The topological polar surface area (TPSA) is 50.7 Å². The fourth-order valence-corrected chi connectivity index (χ4v) is 2.42. The van der Waals surface area contributed by atoms with Gasteiger partial charge in [-0.15, -0.1) is 0 Å². The van der Waals surface area contributed by atoms with E-state index in [0.717, 1.165) is 30.5 Å². The van der Waals surface area contributed by atoms with E-state index in [1.807, 2.05) is 12.1 Å². The van der Waals surface area contributed by atoms with Gasteiger partial charge in [-0.2, -0.15) is 0 Å². The molecule has 1 aromatic rings. The van der Waals surface area contributed by atoms with Crippen molar-refractivity contribution >= 4 is 15.9 Å². The number of aliphatic hydroxyl groups is 1. The predicted molar refractivity (Wildman–Crippen MR) is 81.6 cm³/mol. The van der Waals surface area contributed by atoms with Gasteiger partial charge in [0.1, 0.15) is 0 Å². The van der Waals surface area contributed by atoms with Crippen molar-refractivity contribution in [3.63, 3.8) is 0 Å². The highest BCUT2D eigenvalue weighted by Crippen LogP contribution is 2.12. The van der Waals surface area contributed by atoms with Gasteiger partial charge in [0, 0.05) is 24.2 Å². The second-order valence-electron chi connectivity index (χ2n) is 5.08. The van der Waals surface area contributed by atoms with Crippen LogP contribution in [0, 0.1) is 0 Å². The zero-order valence-corrected chi connectivity index (χ0v) is 13.1. The average Bonchev–Trinajstić information content (AvgIpc) is 2.94. The Morgan fingerprint density at radius 1 is 1.40 bits per heavy atom. The molecule has 0 aromatic heterocycles. The van der Waals surface area contributed by atoms with E-state index in [0.29, 0.717) is 19.8 Å². The van der Waals surface area contributed by atoms with E-state index in [4.69, 9.17) is 9.47 Å². The summed E-state index contributed by atoms with van der Waals surface area (Å²) in [6.45, 7) is 3.06. The lowest BCUT2D eigenvalue weighted by molar-refractivity contribution is -0.0164. The van der Waals surface area contributed by atoms with Crippen LogP contribution in [0.25, 0.3) is 0 Å². The van der Waals surface area contributed by atoms with E-state index in [-0.39, 0.29) is 6.10 Å². The van der Waals surface area contributed by atoms with Gasteiger partial charge >= 0.3 is 0 Å². The van der Waals surface area contributed by atoms with Gasteiger partial charge in [-0.05, 0) is 30.5 Å². The summed E-state index contributed by atoms with van der Waals surface area (Å²) in [6.07, 6.45) is 1.92. The Morgan fingerprint density at radius 2 is 2.20 bits per heavy atom. The molecule has 0 saturated carbocycles. The highest BCUT2D eigenvalue weighted by Gasteiger charge is 2.15. The number of rotatable bonds is 8. The maximum absolute atomic E-state index is 9.81. The summed E-state index contributed by atoms with van der Waals surface area (Å²) < 4.78 is 12.0. The molecule has 1 heterocycles. The highest BCUT2D eigenvalue weighted by molar-refractivity contribution is 9.10. The second kappa shape index (κ2) is 8.74. The lowest BCUT2D eigenvalue weighted by atomic mass is 10.2. The molecule has 2 unspecified atom stereocenters. The summed E-state index contributed by atoms with van der Waals surface area (Å²) in [5.41, 5.74) is 1.20. The minimum Gasteiger partial charge on any atom is -0.389 e. The Hall–Kier alpha value is -0.460. The first kappa shape index (κ1) is 15.9. The van der Waals surface area contributed by atoms with Crippen molar-refractivity contribution in [2.24, 2.45) is 0 Å². The maximum atomic E-state index is 9.81. The number of ether oxygens (including phenoxy) is 2. The van der Waals surface area contributed by atoms with E-state index in [1.165, 1.54) is 5.56 Å². The zero-order valence-electron chi connectivity index (χ0n) is 11.6. The minimum absolute atomic E-state index is 0.220. The summed E-state index contributed by atoms with van der Waals surface area (Å²) in [6, 6.07) is 8.13. The van der Waals surface area contributed by atoms with Crippen LogP contribution < -0.4 is 5.32 Å². The maximum Gasteiger partial charge on any atom is 0.0897 e. The molecule has 2 N–H and O–H groups in total. The Balaban J connectivity index is 1.53. The first-order chi connectivity index (χ1) is 9.74. The van der Waals surface area contributed by atoms with Gasteiger partial charge in [0.25, 0.3) is 0 Å². The Bertz CT molecular complexity index is 379. The highest BCUT2D eigenvalue weighted by atomic mass is 79.9. The summed E-state index contributed by atoms with van der Waals surface area (Å²) in [4.78, 5) is 0.